The van der Waals surface area contributed by atoms with E-state index < -0.39 is 0 Å². The lowest BCUT2D eigenvalue weighted by Crippen LogP contribution is -2.50. The molecule has 1 aromatic heterocycles. The minimum absolute atomic E-state index is 0.0187. The van der Waals surface area contributed by atoms with Crippen molar-refractivity contribution in [1.82, 2.24) is 14.5 Å². The highest BCUT2D eigenvalue weighted by Gasteiger charge is 2.24. The first-order chi connectivity index (χ1) is 15.0. The predicted molar refractivity (Wildman–Crippen MR) is 118 cm³/mol. The van der Waals surface area contributed by atoms with Crippen molar-refractivity contribution >= 4 is 11.9 Å². The summed E-state index contributed by atoms with van der Waals surface area (Å²) >= 11 is 0. The lowest BCUT2D eigenvalue weighted by Gasteiger charge is -2.35. The lowest BCUT2D eigenvalue weighted by atomic mass is 10.0. The van der Waals surface area contributed by atoms with Crippen LogP contribution in [0, 0.1) is 5.82 Å². The van der Waals surface area contributed by atoms with Crippen LogP contribution in [-0.2, 0) is 4.79 Å². The Kier molecular flexibility index (Phi) is 6.21. The number of rotatable bonds is 6. The highest BCUT2D eigenvalue weighted by Crippen LogP contribution is 2.22. The van der Waals surface area contributed by atoms with Gasteiger partial charge >= 0.3 is 0 Å². The summed E-state index contributed by atoms with van der Waals surface area (Å²) in [6.45, 7) is 6.69. The molecule has 162 valence electrons. The van der Waals surface area contributed by atoms with Crippen molar-refractivity contribution in [3.8, 4) is 11.4 Å². The summed E-state index contributed by atoms with van der Waals surface area (Å²) in [5, 5.41) is 0. The number of para-hydroxylation sites is 1. The smallest absolute Gasteiger partial charge is 0.260 e. The molecule has 1 fully saturated rings. The van der Waals surface area contributed by atoms with Gasteiger partial charge in [0.1, 0.15) is 11.6 Å². The maximum atomic E-state index is 14.2. The molecule has 7 heteroatoms. The van der Waals surface area contributed by atoms with E-state index in [1.165, 1.54) is 11.6 Å². The number of imidazole rings is 1. The van der Waals surface area contributed by atoms with Crippen LogP contribution >= 0.6 is 0 Å². The van der Waals surface area contributed by atoms with E-state index in [0.29, 0.717) is 49.5 Å². The van der Waals surface area contributed by atoms with Crippen molar-refractivity contribution < 1.29 is 13.9 Å². The quantitative estimate of drug-likeness (QED) is 0.605. The molecule has 2 aromatic carbocycles. The number of halogens is 1. The van der Waals surface area contributed by atoms with Gasteiger partial charge in [0.25, 0.3) is 5.91 Å². The number of nitrogens with zero attached hydrogens (tertiary/aromatic N) is 4. The molecule has 3 aromatic rings. The van der Waals surface area contributed by atoms with Gasteiger partial charge in [-0.1, -0.05) is 38.1 Å². The van der Waals surface area contributed by atoms with Crippen LogP contribution in [0.1, 0.15) is 25.3 Å². The van der Waals surface area contributed by atoms with Crippen molar-refractivity contribution in [1.29, 1.82) is 0 Å². The molecule has 31 heavy (non-hydrogen) atoms. The number of carbonyl (C=O) groups excluding carboxylic acids is 1. The van der Waals surface area contributed by atoms with Crippen LogP contribution in [0.4, 0.5) is 10.3 Å². The number of piperazine rings is 1. The van der Waals surface area contributed by atoms with E-state index in [2.05, 4.69) is 23.7 Å². The summed E-state index contributed by atoms with van der Waals surface area (Å²) < 4.78 is 21.6. The number of aromatic nitrogens is 2. The van der Waals surface area contributed by atoms with Crippen molar-refractivity contribution in [2.24, 2.45) is 0 Å². The fourth-order valence-corrected chi connectivity index (χ4v) is 3.71. The van der Waals surface area contributed by atoms with Crippen molar-refractivity contribution in [3.63, 3.8) is 0 Å². The third kappa shape index (κ3) is 4.71. The molecule has 0 atom stereocenters. The van der Waals surface area contributed by atoms with Gasteiger partial charge in [-0.05, 0) is 35.7 Å². The molecule has 1 amide bonds. The zero-order valence-electron chi connectivity index (χ0n) is 17.9. The predicted octanol–water partition coefficient (Wildman–Crippen LogP) is 3.86. The highest BCUT2D eigenvalue weighted by atomic mass is 19.1. The van der Waals surface area contributed by atoms with Gasteiger partial charge in [0, 0.05) is 38.6 Å². The first-order valence-electron chi connectivity index (χ1n) is 10.6. The van der Waals surface area contributed by atoms with E-state index in [4.69, 9.17) is 4.74 Å². The lowest BCUT2D eigenvalue weighted by molar-refractivity contribution is -0.133. The molecule has 4 rings (SSSR count). The summed E-state index contributed by atoms with van der Waals surface area (Å²) in [7, 11) is 0. The zero-order chi connectivity index (χ0) is 21.8. The summed E-state index contributed by atoms with van der Waals surface area (Å²) in [6.07, 6.45) is 3.42. The van der Waals surface area contributed by atoms with E-state index in [9.17, 15) is 9.18 Å². The average Bonchev–Trinajstić information content (AvgIpc) is 3.28. The second kappa shape index (κ2) is 9.20. The Morgan fingerprint density at radius 2 is 1.77 bits per heavy atom. The molecule has 0 spiro atoms. The van der Waals surface area contributed by atoms with E-state index in [-0.39, 0.29) is 18.3 Å². The molecule has 0 radical (unpaired) electrons. The molecule has 1 saturated heterocycles. The van der Waals surface area contributed by atoms with Gasteiger partial charge in [0.05, 0.1) is 5.69 Å². The van der Waals surface area contributed by atoms with Crippen LogP contribution in [0.5, 0.6) is 5.75 Å². The molecule has 0 bridgehead atoms. The van der Waals surface area contributed by atoms with Gasteiger partial charge in [-0.15, -0.1) is 0 Å². The Hall–Kier alpha value is -3.35. The van der Waals surface area contributed by atoms with E-state index >= 15 is 0 Å². The molecule has 0 aliphatic carbocycles. The van der Waals surface area contributed by atoms with Gasteiger partial charge in [-0.25, -0.2) is 9.37 Å². The van der Waals surface area contributed by atoms with Gasteiger partial charge in [0.2, 0.25) is 5.95 Å². The first-order valence-corrected chi connectivity index (χ1v) is 10.6. The highest BCUT2D eigenvalue weighted by molar-refractivity contribution is 5.78. The molecular weight excluding hydrogens is 395 g/mol. The minimum atomic E-state index is -0.297. The monoisotopic (exact) mass is 422 g/mol. The molecule has 1 aliphatic heterocycles. The average molecular weight is 423 g/mol. The Morgan fingerprint density at radius 1 is 1.06 bits per heavy atom. The molecule has 0 unspecified atom stereocenters. The van der Waals surface area contributed by atoms with Crippen molar-refractivity contribution in [2.45, 2.75) is 19.8 Å². The van der Waals surface area contributed by atoms with Gasteiger partial charge in [-0.2, -0.15) is 0 Å². The largest absolute Gasteiger partial charge is 0.484 e. The van der Waals surface area contributed by atoms with Crippen LogP contribution in [0.2, 0.25) is 0 Å². The number of ether oxygens (including phenoxy) is 1. The van der Waals surface area contributed by atoms with E-state index in [1.54, 1.807) is 40.1 Å². The van der Waals surface area contributed by atoms with Crippen LogP contribution in [0.15, 0.2) is 60.9 Å². The van der Waals surface area contributed by atoms with Crippen LogP contribution in [0.3, 0.4) is 0 Å². The molecular formula is C24H27FN4O2. The summed E-state index contributed by atoms with van der Waals surface area (Å²) in [6, 6.07) is 14.5. The maximum absolute atomic E-state index is 14.2. The molecule has 6 nitrogen and oxygen atoms in total. The topological polar surface area (TPSA) is 50.6 Å². The first kappa shape index (κ1) is 20.9. The van der Waals surface area contributed by atoms with Crippen LogP contribution < -0.4 is 9.64 Å². The maximum Gasteiger partial charge on any atom is 0.260 e. The number of benzene rings is 2. The van der Waals surface area contributed by atoms with Gasteiger partial charge < -0.3 is 14.5 Å². The van der Waals surface area contributed by atoms with Gasteiger partial charge in [0.15, 0.2) is 6.61 Å². The van der Waals surface area contributed by atoms with Gasteiger partial charge in [-0.3, -0.25) is 9.36 Å². The third-order valence-electron chi connectivity index (χ3n) is 5.56. The molecule has 0 N–H and O–H groups in total. The Balaban J connectivity index is 1.32. The molecule has 1 aliphatic rings. The number of amides is 1. The number of carbonyl (C=O) groups is 1. The van der Waals surface area contributed by atoms with Crippen molar-refractivity contribution in [3.05, 3.63) is 72.3 Å². The standard InChI is InChI=1S/C24H27FN4O2/c1-18(2)19-7-9-20(10-8-19)31-17-23(30)27-13-15-28(16-14-27)24-26-11-12-29(24)22-6-4-3-5-21(22)25/h3-12,18H,13-17H2,1-2H3. The summed E-state index contributed by atoms with van der Waals surface area (Å²) in [4.78, 5) is 20.9. The zero-order valence-corrected chi connectivity index (χ0v) is 17.9. The fourth-order valence-electron chi connectivity index (χ4n) is 3.71. The Bertz CT molecular complexity index is 1020. The second-order valence-corrected chi connectivity index (χ2v) is 7.93. The Morgan fingerprint density at radius 3 is 2.45 bits per heavy atom. The van der Waals surface area contributed by atoms with Crippen LogP contribution in [-0.4, -0.2) is 53.1 Å². The number of hydrogen-bond acceptors (Lipinski definition) is 4. The molecule has 2 heterocycles. The Labute approximate surface area is 181 Å². The number of anilines is 1. The minimum Gasteiger partial charge on any atom is -0.484 e. The van der Waals surface area contributed by atoms with E-state index in [1.807, 2.05) is 24.3 Å². The summed E-state index contributed by atoms with van der Waals surface area (Å²) in [5.41, 5.74) is 1.70. The molecule has 0 saturated carbocycles. The van der Waals surface area contributed by atoms with Crippen molar-refractivity contribution in [2.75, 3.05) is 37.7 Å². The SMILES string of the molecule is CC(C)c1ccc(OCC(=O)N2CCN(c3nccn3-c3ccccc3F)CC2)cc1. The number of hydrogen-bond donors (Lipinski definition) is 0. The summed E-state index contributed by atoms with van der Waals surface area (Å²) in [5.74, 6) is 1.50. The fraction of sp³-hybridized carbons (Fsp3) is 0.333. The van der Waals surface area contributed by atoms with Crippen LogP contribution in [0.25, 0.3) is 5.69 Å². The second-order valence-electron chi connectivity index (χ2n) is 7.93. The van der Waals surface area contributed by atoms with E-state index in [0.717, 1.165) is 0 Å². The third-order valence-corrected chi connectivity index (χ3v) is 5.56. The normalized spacial score (nSPS) is 14.2.